The van der Waals surface area contributed by atoms with E-state index in [0.29, 0.717) is 0 Å². The van der Waals surface area contributed by atoms with E-state index in [0.717, 1.165) is 9.88 Å². The smallest absolute Gasteiger partial charge is 0.307 e. The molecule has 5 heteroatoms. The van der Waals surface area contributed by atoms with Crippen LogP contribution in [0.15, 0.2) is 47.5 Å². The van der Waals surface area contributed by atoms with E-state index in [-0.39, 0.29) is 11.8 Å². The molecule has 0 aromatic carbocycles. The SMILES string of the molecule is O=C(O)C/C=C/c1ccc(-n2ccc(=O)cc2)s1. The summed E-state index contributed by atoms with van der Waals surface area (Å²) in [5.74, 6) is -0.844. The molecule has 2 aromatic heterocycles. The fraction of sp³-hybridized carbons (Fsp3) is 0.0769. The summed E-state index contributed by atoms with van der Waals surface area (Å²) in [7, 11) is 0. The first kappa shape index (κ1) is 12.3. The van der Waals surface area contributed by atoms with Crippen LogP contribution >= 0.6 is 11.3 Å². The molecular formula is C13H11NO3S. The molecule has 0 spiro atoms. The van der Waals surface area contributed by atoms with Crippen LogP contribution in [0.2, 0.25) is 0 Å². The Kier molecular flexibility index (Phi) is 3.74. The zero-order chi connectivity index (χ0) is 13.0. The van der Waals surface area contributed by atoms with Crippen molar-refractivity contribution in [2.75, 3.05) is 0 Å². The Morgan fingerprint density at radius 2 is 2.00 bits per heavy atom. The van der Waals surface area contributed by atoms with Crippen LogP contribution in [0.1, 0.15) is 11.3 Å². The van der Waals surface area contributed by atoms with Crippen molar-refractivity contribution in [3.63, 3.8) is 0 Å². The molecule has 2 heterocycles. The Morgan fingerprint density at radius 1 is 1.28 bits per heavy atom. The van der Waals surface area contributed by atoms with Crippen molar-refractivity contribution >= 4 is 23.4 Å². The maximum absolute atomic E-state index is 11.0. The molecule has 1 N–H and O–H groups in total. The van der Waals surface area contributed by atoms with Crippen molar-refractivity contribution in [3.05, 3.63) is 57.8 Å². The number of hydrogen-bond donors (Lipinski definition) is 1. The molecule has 2 aromatic rings. The summed E-state index contributed by atoms with van der Waals surface area (Å²) in [5.41, 5.74) is -0.0237. The van der Waals surface area contributed by atoms with Crippen molar-refractivity contribution < 1.29 is 9.90 Å². The molecular weight excluding hydrogens is 250 g/mol. The van der Waals surface area contributed by atoms with Crippen LogP contribution in [0.3, 0.4) is 0 Å². The first-order valence-corrected chi connectivity index (χ1v) is 6.14. The molecule has 0 bridgehead atoms. The number of aromatic nitrogens is 1. The second-order valence-corrected chi connectivity index (χ2v) is 4.71. The van der Waals surface area contributed by atoms with Gasteiger partial charge in [0.25, 0.3) is 0 Å². The van der Waals surface area contributed by atoms with Gasteiger partial charge in [0.15, 0.2) is 5.43 Å². The van der Waals surface area contributed by atoms with Crippen LogP contribution in [0, 0.1) is 0 Å². The third-order valence-corrected chi connectivity index (χ3v) is 3.30. The van der Waals surface area contributed by atoms with Gasteiger partial charge in [-0.3, -0.25) is 9.59 Å². The second kappa shape index (κ2) is 5.46. The topological polar surface area (TPSA) is 59.3 Å². The molecule has 0 saturated carbocycles. The molecule has 0 amide bonds. The number of pyridine rings is 1. The minimum absolute atomic E-state index is 0.0191. The molecule has 0 aliphatic carbocycles. The largest absolute Gasteiger partial charge is 0.481 e. The highest BCUT2D eigenvalue weighted by Crippen LogP contribution is 2.21. The maximum Gasteiger partial charge on any atom is 0.307 e. The molecule has 0 radical (unpaired) electrons. The first-order chi connectivity index (χ1) is 8.65. The zero-order valence-corrected chi connectivity index (χ0v) is 10.3. The highest BCUT2D eigenvalue weighted by Gasteiger charge is 1.99. The molecule has 0 aliphatic rings. The van der Waals surface area contributed by atoms with Crippen molar-refractivity contribution in [1.29, 1.82) is 0 Å². The summed E-state index contributed by atoms with van der Waals surface area (Å²) in [4.78, 5) is 22.3. The van der Waals surface area contributed by atoms with Gasteiger partial charge in [-0.25, -0.2) is 0 Å². The van der Waals surface area contributed by atoms with Crippen LogP contribution in [-0.4, -0.2) is 15.6 Å². The van der Waals surface area contributed by atoms with E-state index in [1.54, 1.807) is 24.5 Å². The van der Waals surface area contributed by atoms with E-state index in [2.05, 4.69) is 0 Å². The fourth-order valence-electron chi connectivity index (χ4n) is 1.41. The van der Waals surface area contributed by atoms with Gasteiger partial charge >= 0.3 is 5.97 Å². The number of hydrogen-bond acceptors (Lipinski definition) is 3. The molecule has 0 aliphatic heterocycles. The quantitative estimate of drug-likeness (QED) is 0.919. The van der Waals surface area contributed by atoms with Gasteiger partial charge in [0, 0.05) is 29.4 Å². The van der Waals surface area contributed by atoms with Crippen LogP contribution < -0.4 is 5.43 Å². The standard InChI is InChI=1S/C13H11NO3S/c15-10-6-8-14(9-7-10)12-5-4-11(18-12)2-1-3-13(16)17/h1-2,4-9H,3H2,(H,16,17)/b2-1+. The average Bonchev–Trinajstić information content (AvgIpc) is 2.78. The van der Waals surface area contributed by atoms with Gasteiger partial charge in [0.1, 0.15) is 0 Å². The predicted molar refractivity (Wildman–Crippen MR) is 71.2 cm³/mol. The minimum Gasteiger partial charge on any atom is -0.481 e. The lowest BCUT2D eigenvalue weighted by molar-refractivity contribution is -0.135. The van der Waals surface area contributed by atoms with E-state index < -0.39 is 5.97 Å². The molecule has 92 valence electrons. The number of carboxylic acids is 1. The molecule has 0 unspecified atom stereocenters. The summed E-state index contributed by atoms with van der Waals surface area (Å²) in [6.45, 7) is 0. The van der Waals surface area contributed by atoms with E-state index >= 15 is 0 Å². The number of carboxylic acid groups (broad SMARTS) is 1. The van der Waals surface area contributed by atoms with Crippen LogP contribution in [0.5, 0.6) is 0 Å². The lowest BCUT2D eigenvalue weighted by Crippen LogP contribution is -1.99. The van der Waals surface area contributed by atoms with Gasteiger partial charge in [-0.05, 0) is 18.2 Å². The van der Waals surface area contributed by atoms with Gasteiger partial charge in [-0.1, -0.05) is 6.08 Å². The summed E-state index contributed by atoms with van der Waals surface area (Å²) in [5, 5.41) is 9.50. The van der Waals surface area contributed by atoms with Crippen LogP contribution in [-0.2, 0) is 4.79 Å². The molecule has 0 saturated heterocycles. The second-order valence-electron chi connectivity index (χ2n) is 3.62. The monoisotopic (exact) mass is 261 g/mol. The maximum atomic E-state index is 11.0. The number of thiophene rings is 1. The minimum atomic E-state index is -0.844. The summed E-state index contributed by atoms with van der Waals surface area (Å²) in [6, 6.07) is 6.84. The lowest BCUT2D eigenvalue weighted by Gasteiger charge is -1.99. The van der Waals surface area contributed by atoms with Crippen LogP contribution in [0.4, 0.5) is 0 Å². The summed E-state index contributed by atoms with van der Waals surface area (Å²) >= 11 is 1.52. The van der Waals surface area contributed by atoms with Crippen molar-refractivity contribution in [2.45, 2.75) is 6.42 Å². The third-order valence-electron chi connectivity index (χ3n) is 2.24. The summed E-state index contributed by atoms with van der Waals surface area (Å²) < 4.78 is 1.85. The van der Waals surface area contributed by atoms with Crippen molar-refractivity contribution in [2.24, 2.45) is 0 Å². The number of carbonyl (C=O) groups is 1. The third kappa shape index (κ3) is 3.18. The summed E-state index contributed by atoms with van der Waals surface area (Å²) in [6.07, 6.45) is 6.83. The van der Waals surface area contributed by atoms with E-state index in [1.807, 2.05) is 16.7 Å². The fourth-order valence-corrected chi connectivity index (χ4v) is 2.31. The zero-order valence-electron chi connectivity index (χ0n) is 9.45. The Balaban J connectivity index is 2.15. The molecule has 0 atom stereocenters. The molecule has 2 rings (SSSR count). The van der Waals surface area contributed by atoms with E-state index in [9.17, 15) is 9.59 Å². The first-order valence-electron chi connectivity index (χ1n) is 5.32. The Bertz CT molecular complexity index is 619. The lowest BCUT2D eigenvalue weighted by atomic mass is 10.3. The van der Waals surface area contributed by atoms with Gasteiger partial charge in [0.2, 0.25) is 0 Å². The van der Waals surface area contributed by atoms with Crippen molar-refractivity contribution in [3.8, 4) is 5.00 Å². The van der Waals surface area contributed by atoms with Gasteiger partial charge in [0.05, 0.1) is 11.4 Å². The number of aliphatic carboxylic acids is 1. The Hall–Kier alpha value is -2.14. The van der Waals surface area contributed by atoms with E-state index in [4.69, 9.17) is 5.11 Å². The molecule has 0 fully saturated rings. The highest BCUT2D eigenvalue weighted by molar-refractivity contribution is 7.15. The van der Waals surface area contributed by atoms with E-state index in [1.165, 1.54) is 23.5 Å². The normalized spacial score (nSPS) is 10.9. The van der Waals surface area contributed by atoms with Gasteiger partial charge < -0.3 is 9.67 Å². The average molecular weight is 261 g/mol. The predicted octanol–water partition coefficient (Wildman–Crippen LogP) is 2.39. The van der Waals surface area contributed by atoms with Crippen molar-refractivity contribution in [1.82, 2.24) is 4.57 Å². The highest BCUT2D eigenvalue weighted by atomic mass is 32.1. The van der Waals surface area contributed by atoms with Gasteiger partial charge in [-0.15, -0.1) is 11.3 Å². The number of rotatable bonds is 4. The molecule has 18 heavy (non-hydrogen) atoms. The number of nitrogens with zero attached hydrogens (tertiary/aromatic N) is 1. The van der Waals surface area contributed by atoms with Crippen LogP contribution in [0.25, 0.3) is 11.1 Å². The van der Waals surface area contributed by atoms with Gasteiger partial charge in [-0.2, -0.15) is 0 Å². The Labute approximate surface area is 107 Å². The molecule has 4 nitrogen and oxygen atoms in total. The Morgan fingerprint density at radius 3 is 2.67 bits per heavy atom.